The van der Waals surface area contributed by atoms with Gasteiger partial charge < -0.3 is 20.3 Å². The Morgan fingerprint density at radius 1 is 1.39 bits per heavy atom. The summed E-state index contributed by atoms with van der Waals surface area (Å²) in [7, 11) is 0. The van der Waals surface area contributed by atoms with Crippen molar-refractivity contribution in [2.75, 3.05) is 26.4 Å². The molecule has 0 atom stereocenters. The van der Waals surface area contributed by atoms with Crippen LogP contribution in [-0.4, -0.2) is 42.5 Å². The van der Waals surface area contributed by atoms with E-state index < -0.39 is 0 Å². The number of rotatable bonds is 7. The number of nitrogens with one attached hydrogen (secondary N) is 1. The molecule has 0 unspecified atom stereocenters. The van der Waals surface area contributed by atoms with Crippen LogP contribution in [0, 0.1) is 0 Å². The smallest absolute Gasteiger partial charge is 0.255 e. The molecule has 1 amide bonds. The lowest BCUT2D eigenvalue weighted by Gasteiger charge is -2.07. The number of aliphatic hydroxyl groups is 1. The maximum atomic E-state index is 11.7. The summed E-state index contributed by atoms with van der Waals surface area (Å²) >= 11 is 3.20. The molecular formula is C12H16BrNO4. The van der Waals surface area contributed by atoms with Crippen LogP contribution in [0.2, 0.25) is 0 Å². The van der Waals surface area contributed by atoms with Gasteiger partial charge in [0.1, 0.15) is 5.75 Å². The predicted octanol–water partition coefficient (Wildman–Crippen LogP) is 1.28. The maximum absolute atomic E-state index is 11.7. The lowest BCUT2D eigenvalue weighted by Crippen LogP contribution is -2.25. The first-order valence-corrected chi connectivity index (χ1v) is 6.39. The fraction of sp³-hybridized carbons (Fsp3) is 0.417. The number of aliphatic hydroxyl groups excluding tert-OH is 1. The number of aromatic hydroxyl groups is 1. The second kappa shape index (κ2) is 8.07. The SMILES string of the molecule is O=C(NCCCOCCO)c1ccc(Br)cc1O. The van der Waals surface area contributed by atoms with Gasteiger partial charge in [-0.15, -0.1) is 0 Å². The number of amides is 1. The van der Waals surface area contributed by atoms with Gasteiger partial charge in [0, 0.05) is 17.6 Å². The number of phenolic OH excluding ortho intramolecular Hbond substituents is 1. The summed E-state index contributed by atoms with van der Waals surface area (Å²) in [4.78, 5) is 11.7. The summed E-state index contributed by atoms with van der Waals surface area (Å²) in [6, 6.07) is 4.72. The van der Waals surface area contributed by atoms with Crippen molar-refractivity contribution >= 4 is 21.8 Å². The summed E-state index contributed by atoms with van der Waals surface area (Å²) in [5, 5.41) is 20.8. The van der Waals surface area contributed by atoms with E-state index in [0.717, 1.165) is 0 Å². The molecule has 1 aromatic rings. The Hall–Kier alpha value is -1.11. The fourth-order valence-electron chi connectivity index (χ4n) is 1.33. The lowest BCUT2D eigenvalue weighted by atomic mass is 10.2. The number of hydrogen-bond acceptors (Lipinski definition) is 4. The molecule has 0 saturated heterocycles. The van der Waals surface area contributed by atoms with Crippen LogP contribution in [0.5, 0.6) is 5.75 Å². The van der Waals surface area contributed by atoms with Crippen LogP contribution in [0.15, 0.2) is 22.7 Å². The van der Waals surface area contributed by atoms with Gasteiger partial charge >= 0.3 is 0 Å². The molecule has 0 heterocycles. The molecule has 1 aromatic carbocycles. The van der Waals surface area contributed by atoms with Gasteiger partial charge in [-0.05, 0) is 24.6 Å². The van der Waals surface area contributed by atoms with Gasteiger partial charge in [-0.2, -0.15) is 0 Å². The normalized spacial score (nSPS) is 10.3. The minimum atomic E-state index is -0.317. The van der Waals surface area contributed by atoms with Gasteiger partial charge in [0.25, 0.3) is 5.91 Å². The number of phenols is 1. The Morgan fingerprint density at radius 3 is 2.83 bits per heavy atom. The molecule has 5 nitrogen and oxygen atoms in total. The van der Waals surface area contributed by atoms with E-state index in [-0.39, 0.29) is 23.8 Å². The minimum absolute atomic E-state index is 0.000868. The molecule has 0 bridgehead atoms. The molecule has 0 aliphatic carbocycles. The van der Waals surface area contributed by atoms with Crippen LogP contribution >= 0.6 is 15.9 Å². The topological polar surface area (TPSA) is 78.8 Å². The number of ether oxygens (including phenoxy) is 1. The van der Waals surface area contributed by atoms with Crippen molar-refractivity contribution in [3.63, 3.8) is 0 Å². The standard InChI is InChI=1S/C12H16BrNO4/c13-9-2-3-10(11(16)8-9)12(17)14-4-1-6-18-7-5-15/h2-3,8,15-16H,1,4-7H2,(H,14,17). The van der Waals surface area contributed by atoms with E-state index in [1.165, 1.54) is 6.07 Å². The second-order valence-electron chi connectivity index (χ2n) is 3.61. The lowest BCUT2D eigenvalue weighted by molar-refractivity contribution is 0.0866. The zero-order valence-electron chi connectivity index (χ0n) is 9.86. The number of benzene rings is 1. The Kier molecular flexibility index (Phi) is 6.70. The molecule has 1 rings (SSSR count). The van der Waals surface area contributed by atoms with Crippen molar-refractivity contribution in [1.29, 1.82) is 0 Å². The van der Waals surface area contributed by atoms with Crippen LogP contribution in [0.4, 0.5) is 0 Å². The molecule has 18 heavy (non-hydrogen) atoms. The molecule has 0 aliphatic rings. The molecule has 0 saturated carbocycles. The Labute approximate surface area is 114 Å². The highest BCUT2D eigenvalue weighted by Gasteiger charge is 2.10. The van der Waals surface area contributed by atoms with Crippen molar-refractivity contribution in [2.24, 2.45) is 0 Å². The van der Waals surface area contributed by atoms with Gasteiger partial charge in [0.15, 0.2) is 0 Å². The monoisotopic (exact) mass is 317 g/mol. The summed E-state index contributed by atoms with van der Waals surface area (Å²) in [5.41, 5.74) is 0.245. The average Bonchev–Trinajstić information content (AvgIpc) is 2.33. The van der Waals surface area contributed by atoms with Crippen molar-refractivity contribution in [3.05, 3.63) is 28.2 Å². The maximum Gasteiger partial charge on any atom is 0.255 e. The second-order valence-corrected chi connectivity index (χ2v) is 4.52. The van der Waals surface area contributed by atoms with E-state index in [9.17, 15) is 9.90 Å². The van der Waals surface area contributed by atoms with E-state index in [0.29, 0.717) is 30.7 Å². The van der Waals surface area contributed by atoms with Gasteiger partial charge in [-0.1, -0.05) is 15.9 Å². The first kappa shape index (κ1) is 14.9. The van der Waals surface area contributed by atoms with E-state index in [1.807, 2.05) is 0 Å². The number of hydrogen-bond donors (Lipinski definition) is 3. The summed E-state index contributed by atoms with van der Waals surface area (Å²) in [5.74, 6) is -0.374. The van der Waals surface area contributed by atoms with E-state index in [4.69, 9.17) is 9.84 Å². The highest BCUT2D eigenvalue weighted by molar-refractivity contribution is 9.10. The number of carbonyl (C=O) groups is 1. The van der Waals surface area contributed by atoms with Crippen LogP contribution in [-0.2, 0) is 4.74 Å². The van der Waals surface area contributed by atoms with Crippen LogP contribution in [0.25, 0.3) is 0 Å². The average molecular weight is 318 g/mol. The molecule has 0 spiro atoms. The first-order valence-electron chi connectivity index (χ1n) is 5.60. The van der Waals surface area contributed by atoms with Crippen molar-refractivity contribution < 1.29 is 19.7 Å². The summed E-state index contributed by atoms with van der Waals surface area (Å²) < 4.78 is 5.77. The highest BCUT2D eigenvalue weighted by atomic mass is 79.9. The zero-order chi connectivity index (χ0) is 13.4. The van der Waals surface area contributed by atoms with Crippen LogP contribution in [0.3, 0.4) is 0 Å². The Balaban J connectivity index is 2.32. The van der Waals surface area contributed by atoms with Gasteiger partial charge in [0.05, 0.1) is 18.8 Å². The van der Waals surface area contributed by atoms with E-state index in [2.05, 4.69) is 21.2 Å². The Morgan fingerprint density at radius 2 is 2.17 bits per heavy atom. The molecule has 100 valence electrons. The molecular weight excluding hydrogens is 302 g/mol. The van der Waals surface area contributed by atoms with Crippen LogP contribution in [0.1, 0.15) is 16.8 Å². The molecule has 0 aromatic heterocycles. The summed E-state index contributed by atoms with van der Waals surface area (Å²) in [6.07, 6.45) is 0.656. The van der Waals surface area contributed by atoms with E-state index >= 15 is 0 Å². The van der Waals surface area contributed by atoms with Crippen molar-refractivity contribution in [1.82, 2.24) is 5.32 Å². The molecule has 0 aliphatic heterocycles. The van der Waals surface area contributed by atoms with Gasteiger partial charge in [0.2, 0.25) is 0 Å². The fourth-order valence-corrected chi connectivity index (χ4v) is 1.68. The third kappa shape index (κ3) is 5.03. The van der Waals surface area contributed by atoms with Crippen LogP contribution < -0.4 is 5.32 Å². The minimum Gasteiger partial charge on any atom is -0.507 e. The van der Waals surface area contributed by atoms with Crippen molar-refractivity contribution in [2.45, 2.75) is 6.42 Å². The van der Waals surface area contributed by atoms with E-state index in [1.54, 1.807) is 12.1 Å². The largest absolute Gasteiger partial charge is 0.507 e. The predicted molar refractivity (Wildman–Crippen MR) is 70.7 cm³/mol. The Bertz CT molecular complexity index is 398. The number of carbonyl (C=O) groups excluding carboxylic acids is 1. The highest BCUT2D eigenvalue weighted by Crippen LogP contribution is 2.21. The third-order valence-electron chi connectivity index (χ3n) is 2.19. The molecule has 0 radical (unpaired) electrons. The molecule has 6 heteroatoms. The summed E-state index contributed by atoms with van der Waals surface area (Å²) in [6.45, 7) is 1.24. The van der Waals surface area contributed by atoms with Gasteiger partial charge in [-0.3, -0.25) is 4.79 Å². The quantitative estimate of drug-likeness (QED) is 0.662. The van der Waals surface area contributed by atoms with Crippen molar-refractivity contribution in [3.8, 4) is 5.75 Å². The molecule has 3 N–H and O–H groups in total. The zero-order valence-corrected chi connectivity index (χ0v) is 11.4. The van der Waals surface area contributed by atoms with Gasteiger partial charge in [-0.25, -0.2) is 0 Å². The third-order valence-corrected chi connectivity index (χ3v) is 2.68. The first-order chi connectivity index (χ1) is 8.65. The molecule has 0 fully saturated rings. The number of halogens is 1.